The van der Waals surface area contributed by atoms with Crippen LogP contribution in [-0.2, 0) is 9.47 Å². The molecule has 2 aliphatic heterocycles. The Balaban J connectivity index is 1.72. The molecule has 0 aromatic heterocycles. The van der Waals surface area contributed by atoms with Gasteiger partial charge in [0.25, 0.3) is 0 Å². The van der Waals surface area contributed by atoms with Crippen LogP contribution in [-0.4, -0.2) is 42.5 Å². The number of nitriles is 1. The van der Waals surface area contributed by atoms with Crippen molar-refractivity contribution < 1.29 is 9.47 Å². The summed E-state index contributed by atoms with van der Waals surface area (Å²) in [4.78, 5) is 2.41. The van der Waals surface area contributed by atoms with E-state index in [9.17, 15) is 5.26 Å². The lowest BCUT2D eigenvalue weighted by atomic mass is 9.78. The van der Waals surface area contributed by atoms with Crippen LogP contribution >= 0.6 is 0 Å². The van der Waals surface area contributed by atoms with Gasteiger partial charge >= 0.3 is 0 Å². The molecule has 3 aliphatic rings. The Bertz CT molecular complexity index is 365. The molecule has 0 bridgehead atoms. The fourth-order valence-corrected chi connectivity index (χ4v) is 4.02. The first-order chi connectivity index (χ1) is 9.21. The van der Waals surface area contributed by atoms with Crippen molar-refractivity contribution >= 4 is 0 Å². The molecule has 0 aromatic rings. The van der Waals surface area contributed by atoms with Crippen LogP contribution in [0, 0.1) is 17.2 Å². The van der Waals surface area contributed by atoms with E-state index in [0.717, 1.165) is 32.4 Å². The van der Waals surface area contributed by atoms with Crippen molar-refractivity contribution in [1.82, 2.24) is 4.90 Å². The SMILES string of the molecule is CC1CN(C2(C#N)CCCCC2)CCC12OCCO2. The van der Waals surface area contributed by atoms with Gasteiger partial charge in [0.05, 0.1) is 19.3 Å². The summed E-state index contributed by atoms with van der Waals surface area (Å²) in [6, 6.07) is 2.63. The zero-order valence-corrected chi connectivity index (χ0v) is 11.9. The zero-order chi connectivity index (χ0) is 13.3. The number of hydrogen-bond acceptors (Lipinski definition) is 4. The molecule has 1 spiro atoms. The second-order valence-corrected chi connectivity index (χ2v) is 6.31. The molecule has 1 saturated carbocycles. The van der Waals surface area contributed by atoms with Gasteiger partial charge in [-0.15, -0.1) is 0 Å². The van der Waals surface area contributed by atoms with E-state index in [-0.39, 0.29) is 11.3 Å². The predicted octanol–water partition coefficient (Wildman–Crippen LogP) is 2.30. The van der Waals surface area contributed by atoms with Crippen LogP contribution in [0.5, 0.6) is 0 Å². The molecule has 0 N–H and O–H groups in total. The van der Waals surface area contributed by atoms with E-state index in [4.69, 9.17) is 9.47 Å². The molecule has 1 unspecified atom stereocenters. The number of likely N-dealkylation sites (tertiary alicyclic amines) is 1. The fourth-order valence-electron chi connectivity index (χ4n) is 4.02. The van der Waals surface area contributed by atoms with Crippen molar-refractivity contribution in [3.8, 4) is 6.07 Å². The lowest BCUT2D eigenvalue weighted by Crippen LogP contribution is -2.59. The highest BCUT2D eigenvalue weighted by Crippen LogP contribution is 2.41. The first kappa shape index (κ1) is 13.4. The van der Waals surface area contributed by atoms with E-state index in [2.05, 4.69) is 17.9 Å². The topological polar surface area (TPSA) is 45.5 Å². The third kappa shape index (κ3) is 2.18. The number of piperidine rings is 1. The Morgan fingerprint density at radius 2 is 1.79 bits per heavy atom. The maximum Gasteiger partial charge on any atom is 0.173 e. The van der Waals surface area contributed by atoms with Gasteiger partial charge in [-0.3, -0.25) is 4.90 Å². The maximum absolute atomic E-state index is 9.68. The highest BCUT2D eigenvalue weighted by molar-refractivity contribution is 5.11. The molecule has 4 nitrogen and oxygen atoms in total. The molecular formula is C15H24N2O2. The third-order valence-electron chi connectivity index (χ3n) is 5.25. The molecule has 106 valence electrons. The summed E-state index contributed by atoms with van der Waals surface area (Å²) >= 11 is 0. The van der Waals surface area contributed by atoms with Crippen LogP contribution in [0.3, 0.4) is 0 Å². The van der Waals surface area contributed by atoms with Crippen molar-refractivity contribution in [1.29, 1.82) is 5.26 Å². The summed E-state index contributed by atoms with van der Waals surface area (Å²) in [5, 5.41) is 9.68. The van der Waals surface area contributed by atoms with Gasteiger partial charge in [0, 0.05) is 25.4 Å². The third-order valence-corrected chi connectivity index (χ3v) is 5.25. The minimum absolute atomic E-state index is 0.216. The molecule has 0 amide bonds. The van der Waals surface area contributed by atoms with Gasteiger partial charge in [0.1, 0.15) is 5.54 Å². The van der Waals surface area contributed by atoms with Crippen molar-refractivity contribution in [2.24, 2.45) is 5.92 Å². The Hall–Kier alpha value is -0.630. The lowest BCUT2D eigenvalue weighted by Gasteiger charge is -2.49. The molecule has 3 fully saturated rings. The van der Waals surface area contributed by atoms with Crippen molar-refractivity contribution in [2.45, 2.75) is 56.8 Å². The first-order valence-electron chi connectivity index (χ1n) is 7.65. The molecule has 3 rings (SSSR count). The largest absolute Gasteiger partial charge is 0.347 e. The average Bonchev–Trinajstić information content (AvgIpc) is 2.92. The molecule has 2 heterocycles. The Kier molecular flexibility index (Phi) is 3.55. The predicted molar refractivity (Wildman–Crippen MR) is 71.4 cm³/mol. The van der Waals surface area contributed by atoms with Gasteiger partial charge in [-0.25, -0.2) is 0 Å². The van der Waals surface area contributed by atoms with Gasteiger partial charge in [0.2, 0.25) is 0 Å². The van der Waals surface area contributed by atoms with Crippen LogP contribution in [0.25, 0.3) is 0 Å². The highest BCUT2D eigenvalue weighted by atomic mass is 16.7. The second-order valence-electron chi connectivity index (χ2n) is 6.31. The van der Waals surface area contributed by atoms with Gasteiger partial charge in [0.15, 0.2) is 5.79 Å². The number of rotatable bonds is 1. The van der Waals surface area contributed by atoms with Crippen LogP contribution in [0.4, 0.5) is 0 Å². The van der Waals surface area contributed by atoms with E-state index < -0.39 is 0 Å². The minimum atomic E-state index is -0.359. The molecule has 2 saturated heterocycles. The molecule has 19 heavy (non-hydrogen) atoms. The van der Waals surface area contributed by atoms with E-state index in [1.807, 2.05) is 0 Å². The monoisotopic (exact) mass is 264 g/mol. The van der Waals surface area contributed by atoms with Crippen LogP contribution in [0.1, 0.15) is 45.4 Å². The summed E-state index contributed by atoms with van der Waals surface area (Å²) in [6.07, 6.45) is 6.63. The number of nitrogens with zero attached hydrogens (tertiary/aromatic N) is 2. The highest BCUT2D eigenvalue weighted by Gasteiger charge is 2.50. The van der Waals surface area contributed by atoms with E-state index in [1.165, 1.54) is 19.3 Å². The lowest BCUT2D eigenvalue weighted by molar-refractivity contribution is -0.222. The Morgan fingerprint density at radius 3 is 2.37 bits per heavy atom. The van der Waals surface area contributed by atoms with Crippen molar-refractivity contribution in [3.63, 3.8) is 0 Å². The van der Waals surface area contributed by atoms with Gasteiger partial charge < -0.3 is 9.47 Å². The van der Waals surface area contributed by atoms with E-state index in [1.54, 1.807) is 0 Å². The summed E-state index contributed by atoms with van der Waals surface area (Å²) in [5.74, 6) is -0.0159. The molecule has 4 heteroatoms. The molecule has 0 radical (unpaired) electrons. The summed E-state index contributed by atoms with van der Waals surface area (Å²) in [5.41, 5.74) is -0.216. The fraction of sp³-hybridized carbons (Fsp3) is 0.933. The smallest absolute Gasteiger partial charge is 0.173 e. The molecule has 0 aromatic carbocycles. The maximum atomic E-state index is 9.68. The standard InChI is InChI=1S/C15H24N2O2/c1-13-11-17(8-7-15(13)18-9-10-19-15)14(12-16)5-3-2-4-6-14/h13H,2-11H2,1H3. The van der Waals surface area contributed by atoms with Crippen LogP contribution < -0.4 is 0 Å². The van der Waals surface area contributed by atoms with E-state index >= 15 is 0 Å². The van der Waals surface area contributed by atoms with Gasteiger partial charge in [-0.2, -0.15) is 5.26 Å². The normalized spacial score (nSPS) is 34.2. The molecule has 1 atom stereocenters. The summed E-state index contributed by atoms with van der Waals surface area (Å²) in [7, 11) is 0. The van der Waals surface area contributed by atoms with Crippen LogP contribution in [0.15, 0.2) is 0 Å². The van der Waals surface area contributed by atoms with Crippen molar-refractivity contribution in [2.75, 3.05) is 26.3 Å². The summed E-state index contributed by atoms with van der Waals surface area (Å²) in [6.45, 7) is 5.48. The van der Waals surface area contributed by atoms with Gasteiger partial charge in [-0.1, -0.05) is 26.2 Å². The first-order valence-corrected chi connectivity index (χ1v) is 7.65. The van der Waals surface area contributed by atoms with Crippen molar-refractivity contribution in [3.05, 3.63) is 0 Å². The quantitative estimate of drug-likeness (QED) is 0.729. The van der Waals surface area contributed by atoms with E-state index in [0.29, 0.717) is 19.1 Å². The number of hydrogen-bond donors (Lipinski definition) is 0. The average molecular weight is 264 g/mol. The minimum Gasteiger partial charge on any atom is -0.347 e. The zero-order valence-electron chi connectivity index (χ0n) is 11.9. The number of ether oxygens (including phenoxy) is 2. The summed E-state index contributed by atoms with van der Waals surface area (Å²) < 4.78 is 11.7. The second kappa shape index (κ2) is 5.05. The van der Waals surface area contributed by atoms with Crippen LogP contribution in [0.2, 0.25) is 0 Å². The van der Waals surface area contributed by atoms with Gasteiger partial charge in [-0.05, 0) is 12.8 Å². The Morgan fingerprint density at radius 1 is 1.11 bits per heavy atom. The molecular weight excluding hydrogens is 240 g/mol. The molecule has 1 aliphatic carbocycles. The Labute approximate surface area is 115 Å².